The van der Waals surface area contributed by atoms with Gasteiger partial charge in [-0.15, -0.1) is 0 Å². The van der Waals surface area contributed by atoms with Crippen molar-refractivity contribution in [3.63, 3.8) is 0 Å². The van der Waals surface area contributed by atoms with Crippen molar-refractivity contribution in [2.45, 2.75) is 31.2 Å². The summed E-state index contributed by atoms with van der Waals surface area (Å²) in [6.45, 7) is 2.92. The van der Waals surface area contributed by atoms with Gasteiger partial charge in [0, 0.05) is 13.1 Å². The fourth-order valence-corrected chi connectivity index (χ4v) is 2.35. The summed E-state index contributed by atoms with van der Waals surface area (Å²) in [5.41, 5.74) is 6.37. The molecule has 16 heavy (non-hydrogen) atoms. The summed E-state index contributed by atoms with van der Waals surface area (Å²) in [6, 6.07) is 6.62. The second-order valence-electron chi connectivity index (χ2n) is 3.60. The number of hydrogen-bond acceptors (Lipinski definition) is 3. The molecule has 0 amide bonds. The van der Waals surface area contributed by atoms with E-state index >= 15 is 0 Å². The van der Waals surface area contributed by atoms with E-state index in [1.807, 2.05) is 6.92 Å². The largest absolute Gasteiger partial charge is 0.326 e. The normalized spacial score (nSPS) is 11.6. The molecule has 0 heterocycles. The second kappa shape index (κ2) is 5.98. The Bertz CT molecular complexity index is 412. The van der Waals surface area contributed by atoms with Crippen molar-refractivity contribution in [1.82, 2.24) is 4.72 Å². The van der Waals surface area contributed by atoms with Gasteiger partial charge in [0.25, 0.3) is 0 Å². The number of rotatable bonds is 6. The van der Waals surface area contributed by atoms with Crippen LogP contribution in [0.25, 0.3) is 0 Å². The van der Waals surface area contributed by atoms with Gasteiger partial charge in [0.15, 0.2) is 0 Å². The van der Waals surface area contributed by atoms with Gasteiger partial charge in [-0.05, 0) is 24.1 Å². The number of nitrogens with two attached hydrogens (primary N) is 1. The van der Waals surface area contributed by atoms with Crippen molar-refractivity contribution < 1.29 is 8.42 Å². The fraction of sp³-hybridized carbons (Fsp3) is 0.455. The highest BCUT2D eigenvalue weighted by Crippen LogP contribution is 2.10. The molecular formula is C11H18N2O2S. The molecule has 1 rings (SSSR count). The summed E-state index contributed by atoms with van der Waals surface area (Å²) in [7, 11) is -3.35. The Morgan fingerprint density at radius 1 is 1.25 bits per heavy atom. The quantitative estimate of drug-likeness (QED) is 0.737. The number of benzene rings is 1. The van der Waals surface area contributed by atoms with E-state index in [0.29, 0.717) is 18.0 Å². The molecule has 0 aromatic heterocycles. The van der Waals surface area contributed by atoms with Crippen LogP contribution in [0.4, 0.5) is 0 Å². The number of hydrogen-bond donors (Lipinski definition) is 2. The smallest absolute Gasteiger partial charge is 0.240 e. The van der Waals surface area contributed by atoms with Crippen LogP contribution in [0.15, 0.2) is 29.2 Å². The Balaban J connectivity index is 2.74. The number of unbranched alkanes of at least 4 members (excludes halogenated alkanes) is 1. The van der Waals surface area contributed by atoms with Gasteiger partial charge < -0.3 is 5.73 Å². The third kappa shape index (κ3) is 3.59. The molecule has 5 heteroatoms. The van der Waals surface area contributed by atoms with Crippen molar-refractivity contribution >= 4 is 10.0 Å². The molecule has 0 fully saturated rings. The maximum atomic E-state index is 11.8. The molecule has 1 aromatic carbocycles. The summed E-state index contributed by atoms with van der Waals surface area (Å²) in [5, 5.41) is 0. The molecule has 0 unspecified atom stereocenters. The molecule has 1 aromatic rings. The molecule has 3 N–H and O–H groups in total. The van der Waals surface area contributed by atoms with E-state index < -0.39 is 10.0 Å². The third-order valence-electron chi connectivity index (χ3n) is 2.29. The summed E-state index contributed by atoms with van der Waals surface area (Å²) in [6.07, 6.45) is 1.81. The van der Waals surface area contributed by atoms with Crippen molar-refractivity contribution in [2.75, 3.05) is 6.54 Å². The van der Waals surface area contributed by atoms with Crippen LogP contribution in [0.3, 0.4) is 0 Å². The molecule has 0 aliphatic heterocycles. The van der Waals surface area contributed by atoms with E-state index in [9.17, 15) is 8.42 Å². The van der Waals surface area contributed by atoms with Crippen LogP contribution in [-0.4, -0.2) is 15.0 Å². The van der Waals surface area contributed by atoms with Crippen LogP contribution in [0, 0.1) is 0 Å². The Morgan fingerprint density at radius 3 is 2.38 bits per heavy atom. The van der Waals surface area contributed by atoms with Gasteiger partial charge in [-0.3, -0.25) is 0 Å². The van der Waals surface area contributed by atoms with Gasteiger partial charge in [0.2, 0.25) is 10.0 Å². The molecule has 0 spiro atoms. The third-order valence-corrected chi connectivity index (χ3v) is 3.77. The minimum atomic E-state index is -3.35. The van der Waals surface area contributed by atoms with Crippen molar-refractivity contribution in [3.8, 4) is 0 Å². The lowest BCUT2D eigenvalue weighted by molar-refractivity contribution is 0.578. The first-order valence-corrected chi connectivity index (χ1v) is 6.87. The van der Waals surface area contributed by atoms with E-state index in [2.05, 4.69) is 4.72 Å². The molecule has 0 atom stereocenters. The summed E-state index contributed by atoms with van der Waals surface area (Å²) in [5.74, 6) is 0. The molecule has 0 bridgehead atoms. The SMILES string of the molecule is CCCCNS(=O)(=O)c1ccc(CN)cc1. The Kier molecular flexibility index (Phi) is 4.92. The van der Waals surface area contributed by atoms with Gasteiger partial charge in [-0.25, -0.2) is 13.1 Å². The monoisotopic (exact) mass is 242 g/mol. The maximum Gasteiger partial charge on any atom is 0.240 e. The van der Waals surface area contributed by atoms with Gasteiger partial charge in [0.05, 0.1) is 4.90 Å². The second-order valence-corrected chi connectivity index (χ2v) is 5.37. The lowest BCUT2D eigenvalue weighted by atomic mass is 10.2. The average Bonchev–Trinajstić information content (AvgIpc) is 2.29. The van der Waals surface area contributed by atoms with Crippen LogP contribution >= 0.6 is 0 Å². The highest BCUT2D eigenvalue weighted by molar-refractivity contribution is 7.89. The molecular weight excluding hydrogens is 224 g/mol. The zero-order valence-electron chi connectivity index (χ0n) is 9.44. The molecule has 0 radical (unpaired) electrons. The molecule has 90 valence electrons. The fourth-order valence-electron chi connectivity index (χ4n) is 1.27. The molecule has 0 aliphatic rings. The van der Waals surface area contributed by atoms with Crippen LogP contribution in [0.2, 0.25) is 0 Å². The average molecular weight is 242 g/mol. The van der Waals surface area contributed by atoms with Gasteiger partial charge in [0.1, 0.15) is 0 Å². The van der Waals surface area contributed by atoms with Gasteiger partial charge in [-0.1, -0.05) is 25.5 Å². The van der Waals surface area contributed by atoms with E-state index in [0.717, 1.165) is 18.4 Å². The molecule has 0 aliphatic carbocycles. The predicted molar refractivity (Wildman–Crippen MR) is 64.4 cm³/mol. The lowest BCUT2D eigenvalue weighted by Crippen LogP contribution is -2.24. The first-order chi connectivity index (χ1) is 7.60. The van der Waals surface area contributed by atoms with Crippen molar-refractivity contribution in [2.24, 2.45) is 5.73 Å². The Labute approximate surface area is 96.9 Å². The topological polar surface area (TPSA) is 72.2 Å². The summed E-state index contributed by atoms with van der Waals surface area (Å²) in [4.78, 5) is 0.292. The van der Waals surface area contributed by atoms with Crippen LogP contribution in [-0.2, 0) is 16.6 Å². The van der Waals surface area contributed by atoms with E-state index in [4.69, 9.17) is 5.73 Å². The van der Waals surface area contributed by atoms with Crippen molar-refractivity contribution in [1.29, 1.82) is 0 Å². The highest BCUT2D eigenvalue weighted by atomic mass is 32.2. The Morgan fingerprint density at radius 2 is 1.88 bits per heavy atom. The van der Waals surface area contributed by atoms with Crippen LogP contribution < -0.4 is 10.5 Å². The van der Waals surface area contributed by atoms with Gasteiger partial charge in [-0.2, -0.15) is 0 Å². The minimum absolute atomic E-state index is 0.292. The molecule has 0 saturated carbocycles. The minimum Gasteiger partial charge on any atom is -0.326 e. The molecule has 0 saturated heterocycles. The number of sulfonamides is 1. The maximum absolute atomic E-state index is 11.8. The zero-order chi connectivity index (χ0) is 12.0. The van der Waals surface area contributed by atoms with E-state index in [1.54, 1.807) is 24.3 Å². The lowest BCUT2D eigenvalue weighted by Gasteiger charge is -2.06. The predicted octanol–water partition coefficient (Wildman–Crippen LogP) is 1.22. The highest BCUT2D eigenvalue weighted by Gasteiger charge is 2.12. The van der Waals surface area contributed by atoms with Gasteiger partial charge >= 0.3 is 0 Å². The van der Waals surface area contributed by atoms with E-state index in [1.165, 1.54) is 0 Å². The molecule has 4 nitrogen and oxygen atoms in total. The first-order valence-electron chi connectivity index (χ1n) is 5.39. The summed E-state index contributed by atoms with van der Waals surface area (Å²) < 4.78 is 26.1. The summed E-state index contributed by atoms with van der Waals surface area (Å²) >= 11 is 0. The van der Waals surface area contributed by atoms with E-state index in [-0.39, 0.29) is 0 Å². The number of nitrogens with one attached hydrogen (secondary N) is 1. The first kappa shape index (κ1) is 13.2. The van der Waals surface area contributed by atoms with Crippen LogP contribution in [0.5, 0.6) is 0 Å². The van der Waals surface area contributed by atoms with Crippen LogP contribution in [0.1, 0.15) is 25.3 Å². The standard InChI is InChI=1S/C11H18N2O2S/c1-2-3-8-13-16(14,15)11-6-4-10(9-12)5-7-11/h4-7,13H,2-3,8-9,12H2,1H3. The Hall–Kier alpha value is -0.910. The van der Waals surface area contributed by atoms with Crippen molar-refractivity contribution in [3.05, 3.63) is 29.8 Å². The zero-order valence-corrected chi connectivity index (χ0v) is 10.3.